The van der Waals surface area contributed by atoms with Crippen LogP contribution in [0.1, 0.15) is 69.1 Å². The van der Waals surface area contributed by atoms with Gasteiger partial charge in [-0.1, -0.05) is 48.0 Å². The van der Waals surface area contributed by atoms with E-state index in [0.717, 1.165) is 23.1 Å². The summed E-state index contributed by atoms with van der Waals surface area (Å²) in [5.41, 5.74) is 7.16. The molecule has 2 aromatic rings. The molecule has 2 aliphatic heterocycles. The van der Waals surface area contributed by atoms with Crippen LogP contribution in [0.25, 0.3) is 0 Å². The highest BCUT2D eigenvalue weighted by Gasteiger charge is 2.50. The molecule has 284 valence electrons. The van der Waals surface area contributed by atoms with E-state index in [-0.39, 0.29) is 37.3 Å². The number of aryl methyl sites for hydroxylation is 1. The minimum absolute atomic E-state index is 0.0126. The van der Waals surface area contributed by atoms with Crippen LogP contribution in [0.15, 0.2) is 48.5 Å². The van der Waals surface area contributed by atoms with E-state index in [9.17, 15) is 37.5 Å². The van der Waals surface area contributed by atoms with Crippen LogP contribution in [0.2, 0.25) is 5.02 Å². The van der Waals surface area contributed by atoms with Gasteiger partial charge in [0.05, 0.1) is 30.5 Å². The Hall–Kier alpha value is -4.21. The molecule has 2 heterocycles. The van der Waals surface area contributed by atoms with Gasteiger partial charge in [-0.15, -0.1) is 0 Å². The Morgan fingerprint density at radius 3 is 2.29 bits per heavy atom. The number of ether oxygens (including phenoxy) is 1. The molecule has 0 aromatic heterocycles. The normalized spacial score (nSPS) is 23.5. The third-order valence-corrected chi connectivity index (χ3v) is 10.0. The van der Waals surface area contributed by atoms with Crippen LogP contribution in [0.3, 0.4) is 0 Å². The van der Waals surface area contributed by atoms with E-state index in [4.69, 9.17) is 32.0 Å². The van der Waals surface area contributed by atoms with E-state index in [1.807, 2.05) is 36.4 Å². The number of carboxylic acids is 2. The highest BCUT2D eigenvalue weighted by atomic mass is 35.5. The predicted molar refractivity (Wildman–Crippen MR) is 183 cm³/mol. The molecule has 0 bridgehead atoms. The summed E-state index contributed by atoms with van der Waals surface area (Å²) in [6.07, 6.45) is -2.24. The zero-order valence-corrected chi connectivity index (χ0v) is 29.9. The topological polar surface area (TPSA) is 180 Å². The Morgan fingerprint density at radius 1 is 1.06 bits per heavy atom. The van der Waals surface area contributed by atoms with Crippen molar-refractivity contribution in [3.8, 4) is 0 Å². The smallest absolute Gasteiger partial charge is 0.481 e. The number of hydrogen-bond donors (Lipinski definition) is 4. The van der Waals surface area contributed by atoms with Crippen LogP contribution in [0.4, 0.5) is 13.2 Å². The van der Waals surface area contributed by atoms with Gasteiger partial charge in [-0.2, -0.15) is 13.2 Å². The maximum Gasteiger partial charge on any atom is 0.490 e. The standard InChI is InChI=1S/C34H43ClN4O6.C2HF3O2/c1-21(36)31(43)39-28(19-45-33(39,2)3)30(42)37-34(18-22-9-12-24(35)13-10-22)15-6-16-38(20-34)32(44)27(17-29(40)41)26-14-11-23-7-4-5-8-25(23)26;3-2(4,5)1(6)7/h4-5,7-10,12-13,21,26-28H,6,11,14-20,36H2,1-3H3,(H,37,42)(H,40,41);(H,6,7)/t21-,26-,27-,28-,34+;/m0./s1. The van der Waals surface area contributed by atoms with Gasteiger partial charge in [0.15, 0.2) is 0 Å². The summed E-state index contributed by atoms with van der Waals surface area (Å²) in [6, 6.07) is 13.6. The SMILES string of the molecule is C[C@H](N)C(=O)N1[C@H](C(=O)N[C@@]2(Cc3ccc(Cl)cc3)CCCN(C(=O)[C@@H](CC(=O)O)[C@H]3CCc4ccccc43)C2)COC1(C)C.O=C(O)C(F)(F)F. The predicted octanol–water partition coefficient (Wildman–Crippen LogP) is 4.12. The van der Waals surface area contributed by atoms with Crippen molar-refractivity contribution < 1.29 is 52.1 Å². The number of halogens is 4. The maximum atomic E-state index is 14.3. The van der Waals surface area contributed by atoms with Crippen molar-refractivity contribution in [1.82, 2.24) is 15.1 Å². The molecule has 2 saturated heterocycles. The van der Waals surface area contributed by atoms with Crippen molar-refractivity contribution in [3.63, 3.8) is 0 Å². The number of benzene rings is 2. The number of piperidine rings is 1. The average molecular weight is 753 g/mol. The fourth-order valence-electron chi connectivity index (χ4n) is 7.41. The van der Waals surface area contributed by atoms with Gasteiger partial charge in [0, 0.05) is 18.1 Å². The molecule has 0 saturated carbocycles. The zero-order chi connectivity index (χ0) is 38.6. The molecule has 16 heteroatoms. The van der Waals surface area contributed by atoms with Crippen molar-refractivity contribution in [2.75, 3.05) is 19.7 Å². The third kappa shape index (κ3) is 9.61. The third-order valence-electron chi connectivity index (χ3n) is 9.77. The fraction of sp³-hybridized carbons (Fsp3) is 0.528. The summed E-state index contributed by atoms with van der Waals surface area (Å²) < 4.78 is 37.6. The Balaban J connectivity index is 0.000000785. The Kier molecular flexibility index (Phi) is 12.6. The number of carboxylic acid groups (broad SMARTS) is 2. The number of amides is 3. The van der Waals surface area contributed by atoms with Crippen molar-refractivity contribution in [1.29, 1.82) is 0 Å². The second kappa shape index (κ2) is 16.2. The van der Waals surface area contributed by atoms with Crippen molar-refractivity contribution >= 4 is 41.3 Å². The largest absolute Gasteiger partial charge is 0.490 e. The number of fused-ring (bicyclic) bond motifs is 1. The molecule has 0 unspecified atom stereocenters. The van der Waals surface area contributed by atoms with Crippen LogP contribution >= 0.6 is 11.6 Å². The van der Waals surface area contributed by atoms with E-state index < -0.39 is 53.3 Å². The number of hydrogen-bond acceptors (Lipinski definition) is 7. The molecule has 2 aromatic carbocycles. The molecule has 52 heavy (non-hydrogen) atoms. The van der Waals surface area contributed by atoms with Crippen molar-refractivity contribution in [3.05, 3.63) is 70.2 Å². The van der Waals surface area contributed by atoms with Crippen molar-refractivity contribution in [2.45, 2.75) is 94.7 Å². The van der Waals surface area contributed by atoms with Gasteiger partial charge in [-0.05, 0) is 87.6 Å². The fourth-order valence-corrected chi connectivity index (χ4v) is 7.54. The molecule has 5 atom stereocenters. The van der Waals surface area contributed by atoms with Gasteiger partial charge in [0.1, 0.15) is 11.8 Å². The van der Waals surface area contributed by atoms with E-state index in [1.165, 1.54) is 4.90 Å². The highest BCUT2D eigenvalue weighted by Crippen LogP contribution is 2.41. The van der Waals surface area contributed by atoms with E-state index >= 15 is 0 Å². The van der Waals surface area contributed by atoms with Crippen LogP contribution < -0.4 is 11.1 Å². The molecule has 5 rings (SSSR count). The number of nitrogens with two attached hydrogens (primary N) is 1. The molecule has 12 nitrogen and oxygen atoms in total. The number of aliphatic carboxylic acids is 2. The number of nitrogens with one attached hydrogen (secondary N) is 1. The molecule has 0 radical (unpaired) electrons. The second-order valence-corrected chi connectivity index (χ2v) is 14.5. The summed E-state index contributed by atoms with van der Waals surface area (Å²) in [5.74, 6) is -5.68. The molecular formula is C36H44ClF3N4O8. The number of alkyl halides is 3. The first kappa shape index (κ1) is 40.6. The van der Waals surface area contributed by atoms with Gasteiger partial charge in [0.25, 0.3) is 0 Å². The second-order valence-electron chi connectivity index (χ2n) is 14.1. The van der Waals surface area contributed by atoms with Gasteiger partial charge < -0.3 is 30.9 Å². The van der Waals surface area contributed by atoms with Gasteiger partial charge >= 0.3 is 18.1 Å². The first-order valence-corrected chi connectivity index (χ1v) is 17.3. The number of rotatable bonds is 9. The Bertz CT molecular complexity index is 1650. The lowest BCUT2D eigenvalue weighted by Gasteiger charge is -2.45. The first-order valence-electron chi connectivity index (χ1n) is 16.9. The highest BCUT2D eigenvalue weighted by molar-refractivity contribution is 6.30. The minimum Gasteiger partial charge on any atom is -0.481 e. The summed E-state index contributed by atoms with van der Waals surface area (Å²) >= 11 is 6.16. The Morgan fingerprint density at radius 2 is 1.69 bits per heavy atom. The molecule has 3 amide bonds. The van der Waals surface area contributed by atoms with Crippen LogP contribution in [0, 0.1) is 5.92 Å². The molecule has 0 spiro atoms. The number of nitrogens with zero attached hydrogens (tertiary/aromatic N) is 2. The monoisotopic (exact) mass is 752 g/mol. The van der Waals surface area contributed by atoms with E-state index in [0.29, 0.717) is 37.3 Å². The van der Waals surface area contributed by atoms with E-state index in [1.54, 1.807) is 37.8 Å². The van der Waals surface area contributed by atoms with Gasteiger partial charge in [-0.3, -0.25) is 24.1 Å². The Labute approximate surface area is 304 Å². The molecular weight excluding hydrogens is 709 g/mol. The van der Waals surface area contributed by atoms with Crippen LogP contribution in [-0.2, 0) is 41.6 Å². The summed E-state index contributed by atoms with van der Waals surface area (Å²) in [5, 5.41) is 20.8. The molecule has 5 N–H and O–H groups in total. The summed E-state index contributed by atoms with van der Waals surface area (Å²) in [6.45, 7) is 5.70. The van der Waals surface area contributed by atoms with Gasteiger partial charge in [-0.25, -0.2) is 4.79 Å². The number of carbonyl (C=O) groups excluding carboxylic acids is 3. The average Bonchev–Trinajstić information content (AvgIpc) is 3.64. The first-order chi connectivity index (χ1) is 24.2. The lowest BCUT2D eigenvalue weighted by molar-refractivity contribution is -0.192. The minimum atomic E-state index is -5.08. The quantitative estimate of drug-likeness (QED) is 0.293. The maximum absolute atomic E-state index is 14.3. The lowest BCUT2D eigenvalue weighted by Crippen LogP contribution is -2.65. The van der Waals surface area contributed by atoms with E-state index in [2.05, 4.69) is 5.32 Å². The van der Waals surface area contributed by atoms with Crippen LogP contribution in [-0.4, -0.2) is 98.9 Å². The summed E-state index contributed by atoms with van der Waals surface area (Å²) in [7, 11) is 0. The molecule has 1 aliphatic carbocycles. The number of carbonyl (C=O) groups is 5. The van der Waals surface area contributed by atoms with Gasteiger partial charge in [0.2, 0.25) is 17.7 Å². The number of likely N-dealkylation sites (tertiary alicyclic amines) is 1. The summed E-state index contributed by atoms with van der Waals surface area (Å²) in [4.78, 5) is 65.6. The lowest BCUT2D eigenvalue weighted by atomic mass is 9.80. The van der Waals surface area contributed by atoms with Crippen molar-refractivity contribution in [2.24, 2.45) is 11.7 Å². The van der Waals surface area contributed by atoms with Crippen LogP contribution in [0.5, 0.6) is 0 Å². The zero-order valence-electron chi connectivity index (χ0n) is 29.1. The molecule has 2 fully saturated rings. The molecule has 3 aliphatic rings.